The van der Waals surface area contributed by atoms with Crippen molar-refractivity contribution >= 4 is 17.2 Å². The van der Waals surface area contributed by atoms with Gasteiger partial charge in [-0.25, -0.2) is 9.31 Å². The van der Waals surface area contributed by atoms with Crippen LogP contribution in [-0.2, 0) is 11.8 Å². The molecule has 160 valence electrons. The van der Waals surface area contributed by atoms with Gasteiger partial charge >= 0.3 is 12.1 Å². The number of hydrogen-bond donors (Lipinski definition) is 3. The lowest BCUT2D eigenvalue weighted by atomic mass is 10.1. The molecule has 4 heterocycles. The van der Waals surface area contributed by atoms with E-state index in [4.69, 9.17) is 9.90 Å². The van der Waals surface area contributed by atoms with E-state index in [0.29, 0.717) is 0 Å². The minimum Gasteiger partial charge on any atom is -0.475 e. The summed E-state index contributed by atoms with van der Waals surface area (Å²) in [6.45, 7) is 3.43. The molecule has 2 aliphatic rings. The van der Waals surface area contributed by atoms with Crippen LogP contribution in [0.2, 0.25) is 0 Å². The molecule has 11 heteroatoms. The van der Waals surface area contributed by atoms with E-state index >= 15 is 0 Å². The van der Waals surface area contributed by atoms with Crippen molar-refractivity contribution in [2.75, 3.05) is 25.0 Å². The highest BCUT2D eigenvalue weighted by Crippen LogP contribution is 2.48. The third-order valence-electron chi connectivity index (χ3n) is 5.59. The average Bonchev–Trinajstić information content (AvgIpc) is 3.19. The summed E-state index contributed by atoms with van der Waals surface area (Å²) in [7, 11) is 1.94. The number of rotatable bonds is 4. The van der Waals surface area contributed by atoms with Crippen molar-refractivity contribution in [3.8, 4) is 11.1 Å². The molecule has 1 saturated carbocycles. The monoisotopic (exact) mass is 422 g/mol. The fourth-order valence-corrected chi connectivity index (χ4v) is 3.98. The number of anilines is 1. The minimum atomic E-state index is -5.08. The zero-order valence-electron chi connectivity index (χ0n) is 16.1. The first-order valence-electron chi connectivity index (χ1n) is 9.45. The maximum Gasteiger partial charge on any atom is 0.490 e. The Bertz CT molecular complexity index is 1050. The normalized spacial score (nSPS) is 22.3. The number of nitrogens with zero attached hydrogens (tertiary/aromatic N) is 4. The fraction of sp³-hybridized carbons (Fsp3) is 0.421. The molecule has 0 aromatic carbocycles. The molecule has 1 aliphatic carbocycles. The molecule has 0 radical (unpaired) electrons. The number of carbonyl (C=O) groups is 1. The average molecular weight is 422 g/mol. The Balaban J connectivity index is 0.000000272. The number of halogens is 3. The van der Waals surface area contributed by atoms with Crippen molar-refractivity contribution in [2.45, 2.75) is 6.18 Å². The summed E-state index contributed by atoms with van der Waals surface area (Å²) in [4.78, 5) is 8.90. The topological polar surface area (TPSA) is 96.5 Å². The molecule has 30 heavy (non-hydrogen) atoms. The van der Waals surface area contributed by atoms with Gasteiger partial charge in [0, 0.05) is 37.1 Å². The standard InChI is InChI=1S/C17H20N6.C2HF3O2/c1-22-9-12(5-21-22)11-4-16(17-2-3-20-23(17)10-11)19-8-15-13-6-18-7-14(13)15;3-2(4,5)1(6)7/h2-5,9-10,13-15,18-19H,6-8H2,1H3;(H,6,7)/t13-,14+,15?;. The van der Waals surface area contributed by atoms with Crippen LogP contribution in [0.1, 0.15) is 0 Å². The van der Waals surface area contributed by atoms with E-state index in [1.54, 1.807) is 0 Å². The Morgan fingerprint density at radius 3 is 2.57 bits per heavy atom. The Labute approximate surface area is 169 Å². The molecule has 8 nitrogen and oxygen atoms in total. The molecule has 3 atom stereocenters. The largest absolute Gasteiger partial charge is 0.490 e. The van der Waals surface area contributed by atoms with Gasteiger partial charge in [-0.1, -0.05) is 0 Å². The van der Waals surface area contributed by atoms with Gasteiger partial charge in [0.25, 0.3) is 0 Å². The van der Waals surface area contributed by atoms with Gasteiger partial charge < -0.3 is 15.7 Å². The first kappa shape index (κ1) is 20.2. The zero-order chi connectivity index (χ0) is 21.5. The fourth-order valence-electron chi connectivity index (χ4n) is 3.98. The molecule has 3 aromatic heterocycles. The number of aliphatic carboxylic acids is 1. The number of hydrogen-bond acceptors (Lipinski definition) is 5. The van der Waals surface area contributed by atoms with Crippen LogP contribution in [0.25, 0.3) is 16.6 Å². The second-order valence-electron chi connectivity index (χ2n) is 7.54. The van der Waals surface area contributed by atoms with Crippen molar-refractivity contribution in [1.82, 2.24) is 24.7 Å². The van der Waals surface area contributed by atoms with Gasteiger partial charge in [0.2, 0.25) is 0 Å². The Hall–Kier alpha value is -3.08. The molecule has 1 saturated heterocycles. The van der Waals surface area contributed by atoms with Crippen LogP contribution in [0.4, 0.5) is 18.9 Å². The van der Waals surface area contributed by atoms with Crippen molar-refractivity contribution in [3.63, 3.8) is 0 Å². The van der Waals surface area contributed by atoms with Crippen LogP contribution in [-0.4, -0.2) is 56.3 Å². The molecule has 1 aliphatic heterocycles. The quantitative estimate of drug-likeness (QED) is 0.597. The summed E-state index contributed by atoms with van der Waals surface area (Å²) in [5.74, 6) is -0.177. The summed E-state index contributed by atoms with van der Waals surface area (Å²) in [6.07, 6.45) is 2.76. The SMILES string of the molecule is Cn1cc(-c2cc(NCC3[C@H]4CNC[C@@H]34)c3ccnn3c2)cn1.O=C(O)C(F)(F)F. The first-order chi connectivity index (χ1) is 14.2. The number of aryl methyl sites for hydroxylation is 1. The van der Waals surface area contributed by atoms with E-state index in [-0.39, 0.29) is 0 Å². The lowest BCUT2D eigenvalue weighted by Crippen LogP contribution is -2.21. The molecular weight excluding hydrogens is 401 g/mol. The van der Waals surface area contributed by atoms with Crippen LogP contribution in [0.5, 0.6) is 0 Å². The Morgan fingerprint density at radius 1 is 1.27 bits per heavy atom. The van der Waals surface area contributed by atoms with Crippen LogP contribution < -0.4 is 10.6 Å². The number of aromatic nitrogens is 4. The van der Waals surface area contributed by atoms with Crippen molar-refractivity contribution in [2.24, 2.45) is 24.8 Å². The highest BCUT2D eigenvalue weighted by molar-refractivity contribution is 5.78. The Morgan fingerprint density at radius 2 is 1.97 bits per heavy atom. The number of fused-ring (bicyclic) bond motifs is 2. The molecular formula is C19H21F3N6O2. The van der Waals surface area contributed by atoms with E-state index in [9.17, 15) is 13.2 Å². The van der Waals surface area contributed by atoms with Crippen LogP contribution in [0.3, 0.4) is 0 Å². The smallest absolute Gasteiger partial charge is 0.475 e. The molecule has 0 amide bonds. The van der Waals surface area contributed by atoms with E-state index in [2.05, 4.69) is 39.2 Å². The van der Waals surface area contributed by atoms with Crippen molar-refractivity contribution in [1.29, 1.82) is 0 Å². The van der Waals surface area contributed by atoms with Gasteiger partial charge in [-0.2, -0.15) is 23.4 Å². The Kier molecular flexibility index (Phi) is 5.14. The summed E-state index contributed by atoms with van der Waals surface area (Å²) >= 11 is 0. The molecule has 1 unspecified atom stereocenters. The van der Waals surface area contributed by atoms with Crippen LogP contribution in [0, 0.1) is 17.8 Å². The number of carboxylic acids is 1. The lowest BCUT2D eigenvalue weighted by molar-refractivity contribution is -0.192. The number of nitrogens with one attached hydrogen (secondary N) is 2. The number of piperidine rings is 1. The maximum atomic E-state index is 10.6. The van der Waals surface area contributed by atoms with E-state index in [1.165, 1.54) is 13.1 Å². The minimum absolute atomic E-state index is 0.821. The highest BCUT2D eigenvalue weighted by atomic mass is 19.4. The van der Waals surface area contributed by atoms with Gasteiger partial charge in [0.1, 0.15) is 0 Å². The summed E-state index contributed by atoms with van der Waals surface area (Å²) < 4.78 is 35.5. The third kappa shape index (κ3) is 4.11. The van der Waals surface area contributed by atoms with Crippen LogP contribution in [0.15, 0.2) is 36.9 Å². The molecule has 3 aromatic rings. The molecule has 0 spiro atoms. The first-order valence-corrected chi connectivity index (χ1v) is 9.45. The molecule has 2 fully saturated rings. The summed E-state index contributed by atoms with van der Waals surface area (Å²) in [6, 6.07) is 4.27. The predicted octanol–water partition coefficient (Wildman–Crippen LogP) is 2.25. The maximum absolute atomic E-state index is 10.6. The van der Waals surface area contributed by atoms with Gasteiger partial charge in [-0.15, -0.1) is 0 Å². The van der Waals surface area contributed by atoms with Crippen molar-refractivity contribution in [3.05, 3.63) is 36.9 Å². The summed E-state index contributed by atoms with van der Waals surface area (Å²) in [5.41, 5.74) is 4.53. The summed E-state index contributed by atoms with van der Waals surface area (Å²) in [5, 5.41) is 22.9. The highest BCUT2D eigenvalue weighted by Gasteiger charge is 2.52. The van der Waals surface area contributed by atoms with Gasteiger partial charge in [-0.05, 0) is 43.0 Å². The second-order valence-corrected chi connectivity index (χ2v) is 7.54. The molecule has 5 rings (SSSR count). The predicted molar refractivity (Wildman–Crippen MR) is 103 cm³/mol. The van der Waals surface area contributed by atoms with E-state index in [1.807, 2.05) is 34.8 Å². The van der Waals surface area contributed by atoms with Crippen molar-refractivity contribution < 1.29 is 23.1 Å². The van der Waals surface area contributed by atoms with Gasteiger partial charge in [0.15, 0.2) is 0 Å². The zero-order valence-corrected chi connectivity index (χ0v) is 16.1. The second kappa shape index (κ2) is 7.63. The number of pyridine rings is 1. The van der Waals surface area contributed by atoms with Gasteiger partial charge in [-0.3, -0.25) is 4.68 Å². The number of alkyl halides is 3. The van der Waals surface area contributed by atoms with E-state index < -0.39 is 12.1 Å². The molecule has 3 N–H and O–H groups in total. The number of carboxylic acid groups (broad SMARTS) is 1. The van der Waals surface area contributed by atoms with Gasteiger partial charge in [0.05, 0.1) is 23.6 Å². The molecule has 0 bridgehead atoms. The lowest BCUT2D eigenvalue weighted by Gasteiger charge is -2.11. The van der Waals surface area contributed by atoms with E-state index in [0.717, 1.165) is 46.6 Å². The third-order valence-corrected chi connectivity index (χ3v) is 5.59. The van der Waals surface area contributed by atoms with Crippen LogP contribution >= 0.6 is 0 Å².